The maximum atomic E-state index is 3.78. The zero-order chi connectivity index (χ0) is 8.39. The Kier molecular flexibility index (Phi) is 1.80. The van der Waals surface area contributed by atoms with Crippen LogP contribution in [-0.2, 0) is 0 Å². The monoisotopic (exact) mass is 157 g/mol. The number of nitrogens with two attached hydrogens (primary N) is 1. The van der Waals surface area contributed by atoms with Gasteiger partial charge in [-0.2, -0.15) is 0 Å². The van der Waals surface area contributed by atoms with E-state index in [1.165, 1.54) is 16.5 Å². The van der Waals surface area contributed by atoms with Crippen LogP contribution < -0.4 is 5.32 Å². The van der Waals surface area contributed by atoms with Crippen molar-refractivity contribution in [1.29, 1.82) is 0 Å². The third kappa shape index (κ3) is 1.08. The highest BCUT2D eigenvalue weighted by Crippen LogP contribution is 2.18. The highest BCUT2D eigenvalue weighted by molar-refractivity contribution is 5.90. The van der Waals surface area contributed by atoms with Crippen LogP contribution in [0.3, 0.4) is 0 Å². The summed E-state index contributed by atoms with van der Waals surface area (Å²) >= 11 is 0. The molecule has 0 bridgehead atoms. The number of fused-ring (bicyclic) bond motifs is 1. The van der Waals surface area contributed by atoms with Crippen molar-refractivity contribution in [1.82, 2.24) is 0 Å². The summed E-state index contributed by atoms with van der Waals surface area (Å²) in [4.78, 5) is 0. The minimum Gasteiger partial charge on any atom is -0.445 e. The normalized spacial score (nSPS) is 10.4. The highest BCUT2D eigenvalue weighted by Gasteiger charge is 1.97. The molecule has 0 aliphatic rings. The molecule has 60 valence electrons. The zero-order valence-corrected chi connectivity index (χ0v) is 6.83. The lowest BCUT2D eigenvalue weighted by Gasteiger charge is -2.03. The molecule has 0 amide bonds. The lowest BCUT2D eigenvalue weighted by Crippen LogP contribution is -2.69. The summed E-state index contributed by atoms with van der Waals surface area (Å²) in [5, 5.41) is 4.44. The predicted octanol–water partition coefficient (Wildman–Crippen LogP) is 1.83. The third-order valence-electron chi connectivity index (χ3n) is 2.04. The van der Waals surface area contributed by atoms with Crippen molar-refractivity contribution >= 4 is 16.5 Å². The average molecular weight is 157 g/mol. The van der Waals surface area contributed by atoms with E-state index in [2.05, 4.69) is 49.5 Å². The molecule has 2 N–H and O–H groups in total. The van der Waals surface area contributed by atoms with Crippen molar-refractivity contribution in [3.8, 4) is 0 Å². The molecule has 0 aliphatic carbocycles. The maximum Gasteiger partial charge on any atom is 0.111 e. The molecule has 2 aromatic rings. The van der Waals surface area contributed by atoms with Gasteiger partial charge in [0.05, 0.1) is 0 Å². The molecule has 0 unspecified atom stereocenters. The van der Waals surface area contributed by atoms with Gasteiger partial charge in [-0.3, -0.25) is 0 Å². The van der Waals surface area contributed by atoms with Gasteiger partial charge in [-0.15, -0.1) is 7.05 Å². The number of hydrogen-bond acceptors (Lipinski definition) is 0. The lowest BCUT2D eigenvalue weighted by atomic mass is 10.1. The van der Waals surface area contributed by atoms with Crippen molar-refractivity contribution in [2.24, 2.45) is 0 Å². The van der Waals surface area contributed by atoms with Gasteiger partial charge in [0.25, 0.3) is 0 Å². The van der Waals surface area contributed by atoms with Crippen LogP contribution >= 0.6 is 0 Å². The van der Waals surface area contributed by atoms with Crippen molar-refractivity contribution < 1.29 is 5.32 Å². The molecule has 0 aliphatic heterocycles. The first-order valence-corrected chi connectivity index (χ1v) is 4.02. The summed E-state index contributed by atoms with van der Waals surface area (Å²) in [6.07, 6.45) is 0. The lowest BCUT2D eigenvalue weighted by molar-refractivity contribution is -0.503. The minimum atomic E-state index is 1.20. The van der Waals surface area contributed by atoms with E-state index in [1.54, 1.807) is 0 Å². The van der Waals surface area contributed by atoms with E-state index in [4.69, 9.17) is 0 Å². The fourth-order valence-corrected chi connectivity index (χ4v) is 1.43. The molecule has 1 heteroatoms. The number of hydrogen-bond donors (Lipinski definition) is 1. The molecule has 0 radical (unpaired) electrons. The zero-order valence-electron chi connectivity index (χ0n) is 6.83. The minimum absolute atomic E-state index is 1.20. The van der Waals surface area contributed by atoms with Gasteiger partial charge in [-0.25, -0.2) is 0 Å². The number of rotatable bonds is 1. The molecule has 2 rings (SSSR count). The van der Waals surface area contributed by atoms with E-state index >= 15 is 0 Å². The van der Waals surface area contributed by atoms with Gasteiger partial charge >= 0.3 is 0 Å². The third-order valence-corrected chi connectivity index (χ3v) is 2.04. The molecule has 0 atom stereocenters. The van der Waals surface area contributed by atoms with Gasteiger partial charge in [0.2, 0.25) is 0 Å². The Morgan fingerprint density at radius 1 is 0.917 bits per heavy atom. The molecule has 0 saturated carbocycles. The van der Waals surface area contributed by atoms with E-state index in [1.807, 2.05) is 5.32 Å². The summed E-state index contributed by atoms with van der Waals surface area (Å²) in [5.41, 5.74) is 1.20. The molecule has 0 spiro atoms. The molecular formula is C11H11N. The molecule has 12 heavy (non-hydrogen) atoms. The fraction of sp³-hybridized carbons (Fsp3) is 0. The van der Waals surface area contributed by atoms with Gasteiger partial charge in [0.1, 0.15) is 5.69 Å². The standard InChI is InChI=1S/C11H11N/c1-12-11-8-4-6-9-5-2-3-7-10(9)11/h2-8H,1,12H2. The van der Waals surface area contributed by atoms with Crippen LogP contribution in [0.1, 0.15) is 0 Å². The van der Waals surface area contributed by atoms with Crippen LogP contribution in [0.5, 0.6) is 0 Å². The number of quaternary nitrogens is 1. The molecular weight excluding hydrogens is 146 g/mol. The van der Waals surface area contributed by atoms with Crippen LogP contribution in [0, 0.1) is 7.05 Å². The van der Waals surface area contributed by atoms with Crippen molar-refractivity contribution in [3.05, 3.63) is 49.5 Å². The van der Waals surface area contributed by atoms with Gasteiger partial charge in [-0.05, 0) is 17.5 Å². The Labute approximate surface area is 72.0 Å². The summed E-state index contributed by atoms with van der Waals surface area (Å²) < 4.78 is 0. The second-order valence-electron chi connectivity index (χ2n) is 2.77. The van der Waals surface area contributed by atoms with Crippen molar-refractivity contribution in [2.75, 3.05) is 0 Å². The number of benzene rings is 2. The van der Waals surface area contributed by atoms with Gasteiger partial charge in [0.15, 0.2) is 0 Å². The van der Waals surface area contributed by atoms with Crippen LogP contribution in [0.25, 0.3) is 10.8 Å². The maximum absolute atomic E-state index is 3.78. The second-order valence-corrected chi connectivity index (χ2v) is 2.77. The van der Waals surface area contributed by atoms with Crippen LogP contribution in [0.15, 0.2) is 42.5 Å². The Hall–Kier alpha value is -1.34. The van der Waals surface area contributed by atoms with E-state index < -0.39 is 0 Å². The second kappa shape index (κ2) is 2.95. The van der Waals surface area contributed by atoms with E-state index in [0.717, 1.165) is 0 Å². The van der Waals surface area contributed by atoms with Gasteiger partial charge < -0.3 is 5.32 Å². The Morgan fingerprint density at radius 3 is 2.50 bits per heavy atom. The summed E-state index contributed by atoms with van der Waals surface area (Å²) in [5.74, 6) is 0. The van der Waals surface area contributed by atoms with Crippen molar-refractivity contribution in [2.45, 2.75) is 0 Å². The molecule has 0 fully saturated rings. The Morgan fingerprint density at radius 2 is 1.67 bits per heavy atom. The summed E-state index contributed by atoms with van der Waals surface area (Å²) in [6, 6.07) is 14.6. The molecule has 2 aromatic carbocycles. The van der Waals surface area contributed by atoms with Crippen LogP contribution in [0.2, 0.25) is 0 Å². The van der Waals surface area contributed by atoms with Gasteiger partial charge in [0, 0.05) is 5.39 Å². The topological polar surface area (TPSA) is 16.6 Å². The van der Waals surface area contributed by atoms with Gasteiger partial charge in [-0.1, -0.05) is 30.3 Å². The fourth-order valence-electron chi connectivity index (χ4n) is 1.43. The highest BCUT2D eigenvalue weighted by atomic mass is 14.8. The van der Waals surface area contributed by atoms with Crippen molar-refractivity contribution in [3.63, 3.8) is 0 Å². The molecule has 0 saturated heterocycles. The van der Waals surface area contributed by atoms with E-state index in [9.17, 15) is 0 Å². The quantitative estimate of drug-likeness (QED) is 0.480. The molecule has 1 nitrogen and oxygen atoms in total. The van der Waals surface area contributed by atoms with E-state index in [0.29, 0.717) is 0 Å². The summed E-state index contributed by atoms with van der Waals surface area (Å²) in [6.45, 7) is 0. The Balaban J connectivity index is 2.79. The first kappa shape index (κ1) is 7.32. The first-order chi connectivity index (χ1) is 5.92. The van der Waals surface area contributed by atoms with E-state index in [-0.39, 0.29) is 0 Å². The van der Waals surface area contributed by atoms with Crippen LogP contribution in [-0.4, -0.2) is 0 Å². The Bertz CT molecular complexity index is 388. The smallest absolute Gasteiger partial charge is 0.111 e. The molecule has 0 aromatic heterocycles. The molecule has 0 heterocycles. The summed E-state index contributed by atoms with van der Waals surface area (Å²) in [7, 11) is 3.78. The average Bonchev–Trinajstić information content (AvgIpc) is 2.17. The largest absolute Gasteiger partial charge is 0.445 e. The SMILES string of the molecule is [CH2-][NH2+]c1cccc2ccccc12. The van der Waals surface area contributed by atoms with Crippen LogP contribution in [0.4, 0.5) is 5.69 Å². The predicted molar refractivity (Wildman–Crippen MR) is 50.9 cm³/mol. The first-order valence-electron chi connectivity index (χ1n) is 4.02.